The first kappa shape index (κ1) is 16.6. The molecular formula is C17H19N3O3S. The molecule has 24 heavy (non-hydrogen) atoms. The Morgan fingerprint density at radius 3 is 2.54 bits per heavy atom. The van der Waals surface area contributed by atoms with E-state index in [1.807, 2.05) is 45.0 Å². The van der Waals surface area contributed by atoms with Crippen LogP contribution >= 0.6 is 0 Å². The highest BCUT2D eigenvalue weighted by Crippen LogP contribution is 2.14. The van der Waals surface area contributed by atoms with Gasteiger partial charge in [-0.05, 0) is 31.9 Å². The molecule has 0 fully saturated rings. The Labute approximate surface area is 142 Å². The van der Waals surface area contributed by atoms with E-state index >= 15 is 0 Å². The van der Waals surface area contributed by atoms with Crippen molar-refractivity contribution in [3.05, 3.63) is 64.5 Å². The lowest BCUT2D eigenvalue weighted by atomic mass is 10.1. The molecule has 126 valence electrons. The molecule has 0 aliphatic carbocycles. The highest BCUT2D eigenvalue weighted by Gasteiger charge is 2.14. The topological polar surface area (TPSA) is 82.0 Å². The molecule has 0 saturated heterocycles. The summed E-state index contributed by atoms with van der Waals surface area (Å²) in [4.78, 5) is 8.57. The van der Waals surface area contributed by atoms with Gasteiger partial charge in [0.2, 0.25) is 11.8 Å². The predicted molar refractivity (Wildman–Crippen MR) is 89.8 cm³/mol. The third-order valence-corrected chi connectivity index (χ3v) is 4.91. The summed E-state index contributed by atoms with van der Waals surface area (Å²) in [6, 6.07) is 8.05. The molecule has 3 rings (SSSR count). The van der Waals surface area contributed by atoms with Crippen molar-refractivity contribution in [2.75, 3.05) is 0 Å². The van der Waals surface area contributed by atoms with Crippen molar-refractivity contribution >= 4 is 10.8 Å². The van der Waals surface area contributed by atoms with Crippen molar-refractivity contribution < 1.29 is 13.1 Å². The summed E-state index contributed by atoms with van der Waals surface area (Å²) in [6.07, 6.45) is 0.574. The van der Waals surface area contributed by atoms with Crippen LogP contribution in [0.15, 0.2) is 33.2 Å². The van der Waals surface area contributed by atoms with Crippen molar-refractivity contribution in [2.24, 2.45) is 0 Å². The lowest BCUT2D eigenvalue weighted by molar-refractivity contribution is 0.380. The molecular weight excluding hydrogens is 326 g/mol. The van der Waals surface area contributed by atoms with Gasteiger partial charge in [-0.2, -0.15) is 4.98 Å². The predicted octanol–water partition coefficient (Wildman–Crippen LogP) is 3.02. The lowest BCUT2D eigenvalue weighted by Gasteiger charge is -2.00. The van der Waals surface area contributed by atoms with Crippen LogP contribution in [0.2, 0.25) is 0 Å². The van der Waals surface area contributed by atoms with Gasteiger partial charge in [0.15, 0.2) is 5.82 Å². The molecule has 3 aromatic rings. The van der Waals surface area contributed by atoms with Gasteiger partial charge in [0.1, 0.15) is 11.5 Å². The summed E-state index contributed by atoms with van der Waals surface area (Å²) in [5.41, 5.74) is 3.14. The number of aryl methyl sites for hydroxylation is 3. The third-order valence-electron chi connectivity index (χ3n) is 3.76. The minimum absolute atomic E-state index is 0.220. The standard InChI is InChI=1S/C17H19N3O3S/c1-11-6-4-5-7-14(11)8-16-19-15(20-23-16)9-24(21)10-17-18-12(2)13(3)22-17/h4-7H,8-10H2,1-3H3/t24-/m0/s1. The van der Waals surface area contributed by atoms with Crippen LogP contribution in [0.1, 0.15) is 40.2 Å². The van der Waals surface area contributed by atoms with E-state index in [0.29, 0.717) is 24.0 Å². The van der Waals surface area contributed by atoms with Crippen LogP contribution in [0.4, 0.5) is 0 Å². The van der Waals surface area contributed by atoms with Crippen molar-refractivity contribution in [3.8, 4) is 0 Å². The van der Waals surface area contributed by atoms with Crippen LogP contribution in [0.25, 0.3) is 0 Å². The summed E-state index contributed by atoms with van der Waals surface area (Å²) in [7, 11) is -1.20. The minimum Gasteiger partial charge on any atom is -0.445 e. The zero-order valence-electron chi connectivity index (χ0n) is 13.9. The second-order valence-corrected chi connectivity index (χ2v) is 7.14. The molecule has 0 unspecified atom stereocenters. The van der Waals surface area contributed by atoms with E-state index in [9.17, 15) is 4.21 Å². The molecule has 7 heteroatoms. The number of nitrogens with zero attached hydrogens (tertiary/aromatic N) is 3. The van der Waals surface area contributed by atoms with E-state index in [0.717, 1.165) is 17.0 Å². The summed E-state index contributed by atoms with van der Waals surface area (Å²) < 4.78 is 22.9. The molecule has 0 radical (unpaired) electrons. The molecule has 0 amide bonds. The quantitative estimate of drug-likeness (QED) is 0.683. The largest absolute Gasteiger partial charge is 0.445 e. The summed E-state index contributed by atoms with van der Waals surface area (Å²) in [5, 5.41) is 3.92. The second-order valence-electron chi connectivity index (χ2n) is 5.69. The Balaban J connectivity index is 1.61. The lowest BCUT2D eigenvalue weighted by Crippen LogP contribution is -2.01. The van der Waals surface area contributed by atoms with Gasteiger partial charge < -0.3 is 8.94 Å². The van der Waals surface area contributed by atoms with Crippen molar-refractivity contribution in [3.63, 3.8) is 0 Å². The molecule has 0 spiro atoms. The molecule has 1 aromatic carbocycles. The van der Waals surface area contributed by atoms with Crippen molar-refractivity contribution in [2.45, 2.75) is 38.7 Å². The third kappa shape index (κ3) is 3.97. The number of oxazole rings is 1. The van der Waals surface area contributed by atoms with E-state index in [1.54, 1.807) is 0 Å². The minimum atomic E-state index is -1.20. The number of benzene rings is 1. The van der Waals surface area contributed by atoms with Crippen LogP contribution in [-0.4, -0.2) is 19.3 Å². The van der Waals surface area contributed by atoms with E-state index in [1.165, 1.54) is 5.56 Å². The first-order valence-corrected chi connectivity index (χ1v) is 9.14. The van der Waals surface area contributed by atoms with Crippen LogP contribution < -0.4 is 0 Å². The van der Waals surface area contributed by atoms with Gasteiger partial charge in [0.05, 0.1) is 17.9 Å². The molecule has 6 nitrogen and oxygen atoms in total. The Kier molecular flexibility index (Phi) is 4.89. The van der Waals surface area contributed by atoms with Crippen LogP contribution in [0, 0.1) is 20.8 Å². The van der Waals surface area contributed by atoms with Gasteiger partial charge in [-0.3, -0.25) is 4.21 Å². The molecule has 0 aliphatic heterocycles. The van der Waals surface area contributed by atoms with E-state index in [-0.39, 0.29) is 11.5 Å². The summed E-state index contributed by atoms with van der Waals surface area (Å²) >= 11 is 0. The maximum absolute atomic E-state index is 12.2. The molecule has 0 saturated carbocycles. The highest BCUT2D eigenvalue weighted by atomic mass is 32.2. The molecule has 0 bridgehead atoms. The number of hydrogen-bond donors (Lipinski definition) is 0. The molecule has 0 aliphatic rings. The maximum Gasteiger partial charge on any atom is 0.231 e. The Bertz CT molecular complexity index is 850. The maximum atomic E-state index is 12.2. The zero-order valence-corrected chi connectivity index (χ0v) is 14.7. The summed E-state index contributed by atoms with van der Waals surface area (Å²) in [5.74, 6) is 2.67. The highest BCUT2D eigenvalue weighted by molar-refractivity contribution is 7.83. The second kappa shape index (κ2) is 7.09. The fourth-order valence-electron chi connectivity index (χ4n) is 2.33. The van der Waals surface area contributed by atoms with Gasteiger partial charge in [0.25, 0.3) is 0 Å². The average Bonchev–Trinajstić information content (AvgIpc) is 3.08. The van der Waals surface area contributed by atoms with Crippen LogP contribution in [-0.2, 0) is 28.7 Å². The number of aromatic nitrogens is 3. The fraction of sp³-hybridized carbons (Fsp3) is 0.353. The molecule has 2 aromatic heterocycles. The Hall–Kier alpha value is -2.28. The van der Waals surface area contributed by atoms with Gasteiger partial charge in [0, 0.05) is 10.8 Å². The number of rotatable bonds is 6. The van der Waals surface area contributed by atoms with Gasteiger partial charge in [-0.15, -0.1) is 0 Å². The van der Waals surface area contributed by atoms with Crippen LogP contribution in [0.3, 0.4) is 0 Å². The average molecular weight is 345 g/mol. The smallest absolute Gasteiger partial charge is 0.231 e. The molecule has 2 heterocycles. The number of hydrogen-bond acceptors (Lipinski definition) is 6. The monoisotopic (exact) mass is 345 g/mol. The summed E-state index contributed by atoms with van der Waals surface area (Å²) in [6.45, 7) is 5.75. The van der Waals surface area contributed by atoms with Crippen molar-refractivity contribution in [1.29, 1.82) is 0 Å². The Morgan fingerprint density at radius 1 is 1.04 bits per heavy atom. The molecule has 1 atom stereocenters. The van der Waals surface area contributed by atoms with Crippen LogP contribution in [0.5, 0.6) is 0 Å². The van der Waals surface area contributed by atoms with Gasteiger partial charge in [-0.25, -0.2) is 4.98 Å². The van der Waals surface area contributed by atoms with E-state index < -0.39 is 10.8 Å². The van der Waals surface area contributed by atoms with E-state index in [4.69, 9.17) is 8.94 Å². The first-order chi connectivity index (χ1) is 11.5. The Morgan fingerprint density at radius 2 is 1.83 bits per heavy atom. The molecule has 0 N–H and O–H groups in total. The SMILES string of the molecule is Cc1ccccc1Cc1nc(C[S@](=O)Cc2nc(C)c(C)o2)no1. The zero-order chi connectivity index (χ0) is 17.1. The van der Waals surface area contributed by atoms with Gasteiger partial charge in [-0.1, -0.05) is 29.4 Å². The normalized spacial score (nSPS) is 12.5. The van der Waals surface area contributed by atoms with Crippen molar-refractivity contribution in [1.82, 2.24) is 15.1 Å². The van der Waals surface area contributed by atoms with E-state index in [2.05, 4.69) is 15.1 Å². The fourth-order valence-corrected chi connectivity index (χ4v) is 3.23. The first-order valence-electron chi connectivity index (χ1n) is 7.65. The van der Waals surface area contributed by atoms with Gasteiger partial charge >= 0.3 is 0 Å².